The van der Waals surface area contributed by atoms with Gasteiger partial charge in [0.2, 0.25) is 0 Å². The Morgan fingerprint density at radius 2 is 1.71 bits per heavy atom. The molecule has 2 rings (SSSR count). The fourth-order valence-corrected chi connectivity index (χ4v) is 4.66. The van der Waals surface area contributed by atoms with Crippen LogP contribution in [0.3, 0.4) is 0 Å². The van der Waals surface area contributed by atoms with Crippen LogP contribution >= 0.6 is 0 Å². The Balaban J connectivity index is 2.34. The molecule has 3 N–H and O–H groups in total. The molecule has 0 saturated heterocycles. The van der Waals surface area contributed by atoms with Crippen LogP contribution in [0.25, 0.3) is 0 Å². The van der Waals surface area contributed by atoms with Crippen LogP contribution in [0.4, 0.5) is 0 Å². The fraction of sp³-hybridized carbons (Fsp3) is 0.680. The van der Waals surface area contributed by atoms with Crippen molar-refractivity contribution >= 4 is 0 Å². The maximum Gasteiger partial charge on any atom is 0.123 e. The molecule has 1 unspecified atom stereocenters. The second kappa shape index (κ2) is 9.82. The Labute approximate surface area is 171 Å². The molecule has 3 heteroatoms. The van der Waals surface area contributed by atoms with Gasteiger partial charge in [0, 0.05) is 11.5 Å². The van der Waals surface area contributed by atoms with Gasteiger partial charge in [-0.25, -0.2) is 0 Å². The number of aliphatic hydroxyl groups excluding tert-OH is 1. The zero-order chi connectivity index (χ0) is 20.9. The third kappa shape index (κ3) is 5.31. The molecule has 28 heavy (non-hydrogen) atoms. The number of hydrogen-bond acceptors (Lipinski definition) is 3. The summed E-state index contributed by atoms with van der Waals surface area (Å²) in [4.78, 5) is 0. The Kier molecular flexibility index (Phi) is 8.00. The lowest BCUT2D eigenvalue weighted by molar-refractivity contribution is 0.277. The summed E-state index contributed by atoms with van der Waals surface area (Å²) in [6.07, 6.45) is 9.82. The molecule has 1 aliphatic rings. The van der Waals surface area contributed by atoms with E-state index in [-0.39, 0.29) is 29.4 Å². The maximum atomic E-state index is 10.9. The minimum absolute atomic E-state index is 0.0473. The first kappa shape index (κ1) is 22.8. The maximum absolute atomic E-state index is 10.9. The molecule has 158 valence electrons. The van der Waals surface area contributed by atoms with Gasteiger partial charge in [0.15, 0.2) is 0 Å². The average Bonchev–Trinajstić information content (AvgIpc) is 2.64. The van der Waals surface area contributed by atoms with E-state index in [1.807, 2.05) is 12.1 Å². The number of allylic oxidation sites excluding steroid dienone is 1. The minimum Gasteiger partial charge on any atom is -0.507 e. The van der Waals surface area contributed by atoms with Crippen molar-refractivity contribution in [2.75, 3.05) is 6.61 Å². The van der Waals surface area contributed by atoms with Crippen LogP contribution in [0.1, 0.15) is 96.6 Å². The van der Waals surface area contributed by atoms with Crippen LogP contribution in [-0.2, 0) is 5.41 Å². The van der Waals surface area contributed by atoms with Gasteiger partial charge in [-0.05, 0) is 59.8 Å². The number of aromatic hydroxyl groups is 2. The van der Waals surface area contributed by atoms with Crippen molar-refractivity contribution in [3.8, 4) is 11.5 Å². The Hall–Kier alpha value is -1.48. The van der Waals surface area contributed by atoms with Crippen LogP contribution in [-0.4, -0.2) is 21.9 Å². The molecular weight excluding hydrogens is 348 g/mol. The summed E-state index contributed by atoms with van der Waals surface area (Å²) >= 11 is 0. The SMILES string of the molecule is CCCCCCC(C)(C)c1cc(O)c(C2C=C(CO)CC[C@H]2C(C)C)c(O)c1. The Bertz CT molecular complexity index is 649. The summed E-state index contributed by atoms with van der Waals surface area (Å²) in [6, 6.07) is 3.71. The lowest BCUT2D eigenvalue weighted by atomic mass is 9.71. The van der Waals surface area contributed by atoms with Crippen molar-refractivity contribution in [1.29, 1.82) is 0 Å². The molecule has 1 aromatic carbocycles. The summed E-state index contributed by atoms with van der Waals surface area (Å²) in [6.45, 7) is 11.0. The number of benzene rings is 1. The number of hydrogen-bond donors (Lipinski definition) is 3. The molecule has 0 saturated carbocycles. The highest BCUT2D eigenvalue weighted by Crippen LogP contribution is 2.48. The van der Waals surface area contributed by atoms with E-state index in [1.165, 1.54) is 19.3 Å². The highest BCUT2D eigenvalue weighted by Gasteiger charge is 2.33. The van der Waals surface area contributed by atoms with Gasteiger partial charge in [-0.3, -0.25) is 0 Å². The molecular formula is C25H40O3. The summed E-state index contributed by atoms with van der Waals surface area (Å²) in [7, 11) is 0. The van der Waals surface area contributed by atoms with E-state index in [1.54, 1.807) is 0 Å². The lowest BCUT2D eigenvalue weighted by Gasteiger charge is -2.34. The smallest absolute Gasteiger partial charge is 0.123 e. The molecule has 0 amide bonds. The topological polar surface area (TPSA) is 60.7 Å². The third-order valence-corrected chi connectivity index (χ3v) is 6.64. The number of rotatable bonds is 9. The van der Waals surface area contributed by atoms with Gasteiger partial charge in [0.1, 0.15) is 11.5 Å². The number of phenols is 2. The molecule has 0 fully saturated rings. The highest BCUT2D eigenvalue weighted by atomic mass is 16.3. The van der Waals surface area contributed by atoms with E-state index < -0.39 is 0 Å². The molecule has 0 radical (unpaired) electrons. The van der Waals surface area contributed by atoms with Gasteiger partial charge in [-0.15, -0.1) is 0 Å². The minimum atomic E-state index is -0.0860. The number of unbranched alkanes of at least 4 members (excludes halogenated alkanes) is 3. The van der Waals surface area contributed by atoms with Gasteiger partial charge in [0.05, 0.1) is 6.61 Å². The molecule has 1 aromatic rings. The first-order valence-corrected chi connectivity index (χ1v) is 11.1. The Morgan fingerprint density at radius 3 is 2.25 bits per heavy atom. The summed E-state index contributed by atoms with van der Waals surface area (Å²) < 4.78 is 0. The van der Waals surface area contributed by atoms with Crippen LogP contribution in [0, 0.1) is 11.8 Å². The molecule has 0 aliphatic heterocycles. The van der Waals surface area contributed by atoms with Crippen LogP contribution in [0.15, 0.2) is 23.8 Å². The largest absolute Gasteiger partial charge is 0.507 e. The summed E-state index contributed by atoms with van der Waals surface area (Å²) in [5, 5.41) is 31.4. The standard InChI is InChI=1S/C25H40O3/c1-6-7-8-9-12-25(4,5)19-14-22(27)24(23(28)15-19)21-13-18(16-26)10-11-20(21)17(2)3/h13-15,17,20-21,26-28H,6-12,16H2,1-5H3/t20-,21?/m0/s1. The van der Waals surface area contributed by atoms with E-state index >= 15 is 0 Å². The number of aliphatic hydroxyl groups is 1. The van der Waals surface area contributed by atoms with E-state index in [9.17, 15) is 15.3 Å². The highest BCUT2D eigenvalue weighted by molar-refractivity contribution is 5.52. The van der Waals surface area contributed by atoms with E-state index in [0.29, 0.717) is 17.4 Å². The summed E-state index contributed by atoms with van der Waals surface area (Å²) in [5.41, 5.74) is 2.53. The zero-order valence-electron chi connectivity index (χ0n) is 18.5. The molecule has 2 atom stereocenters. The van der Waals surface area contributed by atoms with E-state index in [0.717, 1.165) is 36.8 Å². The molecule has 3 nitrogen and oxygen atoms in total. The van der Waals surface area contributed by atoms with Gasteiger partial charge < -0.3 is 15.3 Å². The third-order valence-electron chi connectivity index (χ3n) is 6.64. The number of phenolic OH excluding ortho intramolecular Hbond substituents is 2. The monoisotopic (exact) mass is 388 g/mol. The predicted molar refractivity (Wildman–Crippen MR) is 117 cm³/mol. The zero-order valence-corrected chi connectivity index (χ0v) is 18.5. The molecule has 0 aromatic heterocycles. The molecule has 0 bridgehead atoms. The van der Waals surface area contributed by atoms with E-state index in [4.69, 9.17) is 0 Å². The fourth-order valence-electron chi connectivity index (χ4n) is 4.66. The average molecular weight is 389 g/mol. The van der Waals surface area contributed by atoms with Gasteiger partial charge >= 0.3 is 0 Å². The van der Waals surface area contributed by atoms with Gasteiger partial charge in [0.25, 0.3) is 0 Å². The molecule has 0 heterocycles. The molecule has 1 aliphatic carbocycles. The quantitative estimate of drug-likeness (QED) is 0.338. The van der Waals surface area contributed by atoms with Crippen molar-refractivity contribution < 1.29 is 15.3 Å². The summed E-state index contributed by atoms with van der Waals surface area (Å²) in [5.74, 6) is 1.10. The van der Waals surface area contributed by atoms with Crippen molar-refractivity contribution in [1.82, 2.24) is 0 Å². The second-order valence-electron chi connectivity index (χ2n) is 9.58. The second-order valence-corrected chi connectivity index (χ2v) is 9.58. The first-order chi connectivity index (χ1) is 13.2. The van der Waals surface area contributed by atoms with Gasteiger partial charge in [-0.1, -0.05) is 66.4 Å². The normalized spacial score (nSPS) is 20.5. The predicted octanol–water partition coefficient (Wildman–Crippen LogP) is 6.41. The van der Waals surface area contributed by atoms with Crippen LogP contribution < -0.4 is 0 Å². The first-order valence-electron chi connectivity index (χ1n) is 11.1. The van der Waals surface area contributed by atoms with Crippen LogP contribution in [0.5, 0.6) is 11.5 Å². The van der Waals surface area contributed by atoms with Crippen LogP contribution in [0.2, 0.25) is 0 Å². The van der Waals surface area contributed by atoms with E-state index in [2.05, 4.69) is 40.7 Å². The van der Waals surface area contributed by atoms with Crippen molar-refractivity contribution in [3.63, 3.8) is 0 Å². The lowest BCUT2D eigenvalue weighted by Crippen LogP contribution is -2.23. The van der Waals surface area contributed by atoms with Crippen molar-refractivity contribution in [3.05, 3.63) is 34.9 Å². The Morgan fingerprint density at radius 1 is 1.07 bits per heavy atom. The molecule has 0 spiro atoms. The van der Waals surface area contributed by atoms with Crippen molar-refractivity contribution in [2.45, 2.75) is 90.9 Å². The van der Waals surface area contributed by atoms with Crippen molar-refractivity contribution in [2.24, 2.45) is 11.8 Å². The van der Waals surface area contributed by atoms with Gasteiger partial charge in [-0.2, -0.15) is 0 Å².